The smallest absolute Gasteiger partial charge is 0.261 e. The maximum absolute atomic E-state index is 12.8. The molecule has 1 saturated carbocycles. The second-order valence-electron chi connectivity index (χ2n) is 8.78. The highest BCUT2D eigenvalue weighted by Gasteiger charge is 2.36. The Morgan fingerprint density at radius 2 is 1.59 bits per heavy atom. The molecule has 2 aromatic carbocycles. The number of rotatable bonds is 6. The summed E-state index contributed by atoms with van der Waals surface area (Å²) in [5, 5.41) is 2.87. The maximum Gasteiger partial charge on any atom is 0.261 e. The summed E-state index contributed by atoms with van der Waals surface area (Å²) in [4.78, 5) is 27.0. The average Bonchev–Trinajstić information content (AvgIpc) is 3.62. The molecule has 4 rings (SSSR count). The van der Waals surface area contributed by atoms with E-state index in [0.717, 1.165) is 43.4 Å². The third-order valence-corrected chi connectivity index (χ3v) is 7.55. The van der Waals surface area contributed by atoms with Gasteiger partial charge in [0.2, 0.25) is 11.8 Å². The number of hydrogen-bond acceptors (Lipinski definition) is 4. The lowest BCUT2D eigenvalue weighted by molar-refractivity contribution is -0.135. The standard InChI is InChI=1S/C24H29N3O4S/c1-16-5-3-6-17(2)22(16)26-32(30,31)21-12-10-20(11-13-21)25-23(28)19-7-4-14-27(15-19)24(29)18-8-9-18/h3,5-6,10-13,18-19,26H,4,7-9,14-15H2,1-2H3,(H,25,28). The number of nitrogens with one attached hydrogen (secondary N) is 2. The molecule has 2 aliphatic rings. The van der Waals surface area contributed by atoms with E-state index < -0.39 is 10.0 Å². The van der Waals surface area contributed by atoms with Crippen molar-refractivity contribution in [2.45, 2.75) is 44.4 Å². The van der Waals surface area contributed by atoms with Gasteiger partial charge in [-0.1, -0.05) is 18.2 Å². The molecule has 1 atom stereocenters. The molecule has 0 radical (unpaired) electrons. The van der Waals surface area contributed by atoms with E-state index in [2.05, 4.69) is 10.0 Å². The Morgan fingerprint density at radius 1 is 0.938 bits per heavy atom. The van der Waals surface area contributed by atoms with Gasteiger partial charge in [-0.25, -0.2) is 8.42 Å². The fourth-order valence-corrected chi connectivity index (χ4v) is 5.31. The number of likely N-dealkylation sites (tertiary alicyclic amines) is 1. The van der Waals surface area contributed by atoms with Gasteiger partial charge in [0.25, 0.3) is 10.0 Å². The zero-order chi connectivity index (χ0) is 22.9. The van der Waals surface area contributed by atoms with E-state index >= 15 is 0 Å². The predicted octanol–water partition coefficient (Wildman–Crippen LogP) is 3.69. The summed E-state index contributed by atoms with van der Waals surface area (Å²) in [5.41, 5.74) is 2.80. The zero-order valence-electron chi connectivity index (χ0n) is 18.4. The van der Waals surface area contributed by atoms with Crippen molar-refractivity contribution in [2.24, 2.45) is 11.8 Å². The summed E-state index contributed by atoms with van der Waals surface area (Å²) in [6.07, 6.45) is 3.48. The van der Waals surface area contributed by atoms with Gasteiger partial charge >= 0.3 is 0 Å². The number of anilines is 2. The van der Waals surface area contributed by atoms with Gasteiger partial charge < -0.3 is 10.2 Å². The summed E-state index contributed by atoms with van der Waals surface area (Å²) in [6, 6.07) is 11.7. The van der Waals surface area contributed by atoms with Crippen molar-refractivity contribution in [2.75, 3.05) is 23.1 Å². The summed E-state index contributed by atoms with van der Waals surface area (Å²) in [6.45, 7) is 4.88. The van der Waals surface area contributed by atoms with Crippen LogP contribution in [0.25, 0.3) is 0 Å². The van der Waals surface area contributed by atoms with Crippen molar-refractivity contribution >= 4 is 33.2 Å². The molecule has 2 fully saturated rings. The monoisotopic (exact) mass is 455 g/mol. The summed E-state index contributed by atoms with van der Waals surface area (Å²) < 4.78 is 28.3. The maximum atomic E-state index is 12.8. The van der Waals surface area contributed by atoms with Crippen molar-refractivity contribution in [3.05, 3.63) is 53.6 Å². The molecule has 2 aromatic rings. The molecule has 7 nitrogen and oxygen atoms in total. The number of nitrogens with zero attached hydrogens (tertiary/aromatic N) is 1. The van der Waals surface area contributed by atoms with Crippen molar-refractivity contribution in [1.82, 2.24) is 4.90 Å². The van der Waals surface area contributed by atoms with Crippen LogP contribution < -0.4 is 10.0 Å². The van der Waals surface area contributed by atoms with E-state index in [1.54, 1.807) is 12.1 Å². The van der Waals surface area contributed by atoms with Crippen molar-refractivity contribution in [1.29, 1.82) is 0 Å². The highest BCUT2D eigenvalue weighted by atomic mass is 32.2. The van der Waals surface area contributed by atoms with E-state index in [1.807, 2.05) is 36.9 Å². The Balaban J connectivity index is 1.40. The third-order valence-electron chi connectivity index (χ3n) is 6.18. The van der Waals surface area contributed by atoms with Crippen LogP contribution in [0, 0.1) is 25.7 Å². The van der Waals surface area contributed by atoms with E-state index in [0.29, 0.717) is 17.9 Å². The lowest BCUT2D eigenvalue weighted by Gasteiger charge is -2.32. The Bertz CT molecular complexity index is 1100. The molecule has 1 heterocycles. The van der Waals surface area contributed by atoms with Crippen LogP contribution in [0.3, 0.4) is 0 Å². The molecule has 170 valence electrons. The van der Waals surface area contributed by atoms with Gasteiger partial charge in [-0.15, -0.1) is 0 Å². The highest BCUT2D eigenvalue weighted by molar-refractivity contribution is 7.92. The normalized spacial score (nSPS) is 18.8. The minimum Gasteiger partial charge on any atom is -0.342 e. The predicted molar refractivity (Wildman–Crippen MR) is 124 cm³/mol. The van der Waals surface area contributed by atoms with E-state index in [4.69, 9.17) is 0 Å². The third kappa shape index (κ3) is 4.96. The molecule has 1 unspecified atom stereocenters. The number of piperidine rings is 1. The molecule has 32 heavy (non-hydrogen) atoms. The second-order valence-corrected chi connectivity index (χ2v) is 10.5. The molecule has 2 amide bonds. The summed E-state index contributed by atoms with van der Waals surface area (Å²) >= 11 is 0. The van der Waals surface area contributed by atoms with Gasteiger partial charge in [0, 0.05) is 24.7 Å². The number of amides is 2. The number of benzene rings is 2. The first-order chi connectivity index (χ1) is 15.2. The minimum absolute atomic E-state index is 0.122. The number of sulfonamides is 1. The Labute approximate surface area is 189 Å². The average molecular weight is 456 g/mol. The Hall–Kier alpha value is -2.87. The van der Waals surface area contributed by atoms with E-state index in [-0.39, 0.29) is 28.5 Å². The second kappa shape index (κ2) is 8.94. The van der Waals surface area contributed by atoms with Crippen LogP contribution in [0.5, 0.6) is 0 Å². The van der Waals surface area contributed by atoms with Crippen LogP contribution in [0.15, 0.2) is 47.4 Å². The number of carbonyl (C=O) groups excluding carboxylic acids is 2. The molecular formula is C24H29N3O4S. The lowest BCUT2D eigenvalue weighted by atomic mass is 9.96. The Kier molecular flexibility index (Phi) is 6.24. The van der Waals surface area contributed by atoms with Gasteiger partial charge in [0.15, 0.2) is 0 Å². The summed E-state index contributed by atoms with van der Waals surface area (Å²) in [5.74, 6) is -0.0556. The largest absolute Gasteiger partial charge is 0.342 e. The van der Waals surface area contributed by atoms with Crippen LogP contribution in [-0.2, 0) is 19.6 Å². The van der Waals surface area contributed by atoms with Gasteiger partial charge in [-0.3, -0.25) is 14.3 Å². The van der Waals surface area contributed by atoms with Gasteiger partial charge in [-0.2, -0.15) is 0 Å². The van der Waals surface area contributed by atoms with E-state index in [9.17, 15) is 18.0 Å². The van der Waals surface area contributed by atoms with Crippen LogP contribution >= 0.6 is 0 Å². The topological polar surface area (TPSA) is 95.6 Å². The number of para-hydroxylation sites is 1. The molecule has 8 heteroatoms. The van der Waals surface area contributed by atoms with Gasteiger partial charge in [0.1, 0.15) is 0 Å². The SMILES string of the molecule is Cc1cccc(C)c1NS(=O)(=O)c1ccc(NC(=O)C2CCCN(C(=O)C3CC3)C2)cc1. The molecule has 1 saturated heterocycles. The van der Waals surface area contributed by atoms with E-state index in [1.165, 1.54) is 12.1 Å². The summed E-state index contributed by atoms with van der Waals surface area (Å²) in [7, 11) is -3.75. The quantitative estimate of drug-likeness (QED) is 0.694. The lowest BCUT2D eigenvalue weighted by Crippen LogP contribution is -2.44. The van der Waals surface area contributed by atoms with Crippen molar-refractivity contribution < 1.29 is 18.0 Å². The minimum atomic E-state index is -3.75. The molecule has 1 aliphatic carbocycles. The molecule has 0 spiro atoms. The van der Waals surface area contributed by atoms with Gasteiger partial charge in [-0.05, 0) is 74.9 Å². The number of aryl methyl sites for hydroxylation is 2. The molecular weight excluding hydrogens is 426 g/mol. The Morgan fingerprint density at radius 3 is 2.22 bits per heavy atom. The fraction of sp³-hybridized carbons (Fsp3) is 0.417. The van der Waals surface area contributed by atoms with Crippen LogP contribution in [-0.4, -0.2) is 38.2 Å². The zero-order valence-corrected chi connectivity index (χ0v) is 19.2. The molecule has 0 bridgehead atoms. The van der Waals surface area contributed by atoms with Crippen molar-refractivity contribution in [3.63, 3.8) is 0 Å². The number of hydrogen-bond donors (Lipinski definition) is 2. The van der Waals surface area contributed by atoms with Crippen LogP contribution in [0.1, 0.15) is 36.8 Å². The van der Waals surface area contributed by atoms with Crippen LogP contribution in [0.4, 0.5) is 11.4 Å². The first kappa shape index (κ1) is 22.3. The molecule has 2 N–H and O–H groups in total. The van der Waals surface area contributed by atoms with Crippen molar-refractivity contribution in [3.8, 4) is 0 Å². The fourth-order valence-electron chi connectivity index (χ4n) is 4.11. The molecule has 1 aliphatic heterocycles. The number of carbonyl (C=O) groups is 2. The molecule has 0 aromatic heterocycles. The first-order valence-electron chi connectivity index (χ1n) is 11.0. The van der Waals surface area contributed by atoms with Gasteiger partial charge in [0.05, 0.1) is 16.5 Å². The van der Waals surface area contributed by atoms with Crippen LogP contribution in [0.2, 0.25) is 0 Å². The highest BCUT2D eigenvalue weighted by Crippen LogP contribution is 2.32. The first-order valence-corrected chi connectivity index (χ1v) is 12.5.